The molecule has 0 radical (unpaired) electrons. The number of rotatable bonds is 51. The fourth-order valence-corrected chi connectivity index (χ4v) is 9.49. The molecule has 0 heterocycles. The maximum Gasteiger partial charge on any atom is 0.305 e. The van der Waals surface area contributed by atoms with Crippen LogP contribution in [0.25, 0.3) is 0 Å². The number of aliphatic hydroxyl groups is 1. The monoisotopic (exact) mass is 943 g/mol. The molecule has 1 aromatic carbocycles. The van der Waals surface area contributed by atoms with Crippen LogP contribution >= 0.6 is 0 Å². The number of phenolic OH excluding ortho intramolecular Hbond substituents is 1. The Morgan fingerprint density at radius 3 is 1.16 bits per heavy atom. The summed E-state index contributed by atoms with van der Waals surface area (Å²) in [6.45, 7) is 15.3. The zero-order chi connectivity index (χ0) is 48.7. The Hall–Kier alpha value is -2.16. The van der Waals surface area contributed by atoms with Gasteiger partial charge in [0.1, 0.15) is 5.75 Å². The van der Waals surface area contributed by atoms with Gasteiger partial charge in [-0.25, -0.2) is 0 Å². The molecule has 0 saturated carbocycles. The van der Waals surface area contributed by atoms with Crippen LogP contribution in [-0.2, 0) is 25.6 Å². The van der Waals surface area contributed by atoms with Gasteiger partial charge in [0.25, 0.3) is 0 Å². The third-order valence-corrected chi connectivity index (χ3v) is 14.0. The van der Waals surface area contributed by atoms with E-state index in [0.717, 1.165) is 76.8 Å². The minimum atomic E-state index is -0.0453. The Balaban J connectivity index is 2.54. The molecule has 0 spiro atoms. The van der Waals surface area contributed by atoms with Gasteiger partial charge in [-0.2, -0.15) is 0 Å². The topological polar surface area (TPSA) is 99.5 Å². The van der Waals surface area contributed by atoms with Gasteiger partial charge in [0.2, 0.25) is 0 Å². The van der Waals surface area contributed by atoms with Crippen LogP contribution in [-0.4, -0.2) is 84.5 Å². The van der Waals surface area contributed by atoms with E-state index < -0.39 is 0 Å². The zero-order valence-electron chi connectivity index (χ0n) is 44.7. The summed E-state index contributed by atoms with van der Waals surface area (Å²) < 4.78 is 11.8. The van der Waals surface area contributed by atoms with Crippen molar-refractivity contribution in [1.82, 2.24) is 9.80 Å². The number of unbranched alkanes of at least 4 members (excludes halogenated alkanes) is 24. The van der Waals surface area contributed by atoms with Crippen molar-refractivity contribution in [2.75, 3.05) is 52.5 Å². The number of hydrogen-bond donors (Lipinski definition) is 2. The Kier molecular flexibility index (Phi) is 44.6. The number of aliphatic hydroxyl groups excluding tert-OH is 1. The molecule has 0 bridgehead atoms. The standard InChI is InChI=1S/C59H110N2O6/c1-5-9-13-17-21-27-35-55(36-28-22-18-14-10-6-2)52-66-58(64)39-31-25-33-45-60(49-50-62)47-48-61(51-54-41-43-57(63)44-42-54)46-34-26-32-40-59(65)67-53-56(37-29-23-19-15-11-7-3)38-30-24-20-16-12-8-4/h41-44,55-56,62-63H,5-40,45-53H2,1-4H3. The summed E-state index contributed by atoms with van der Waals surface area (Å²) in [5, 5.41) is 19.8. The molecule has 0 saturated heterocycles. The SMILES string of the molecule is CCCCCCCCC(CCCCCCCC)COC(=O)CCCCCN(CCO)CCN(CCCCCC(=O)OCC(CCCCCCCC)CCCCCCCC)Cc1ccc(O)cc1. The summed E-state index contributed by atoms with van der Waals surface area (Å²) in [7, 11) is 0. The molecule has 2 N–H and O–H groups in total. The molecule has 8 nitrogen and oxygen atoms in total. The summed E-state index contributed by atoms with van der Waals surface area (Å²) in [4.78, 5) is 30.5. The molecular weight excluding hydrogens is 833 g/mol. The first kappa shape index (κ1) is 62.9. The minimum absolute atomic E-state index is 0.0420. The molecule has 0 aliphatic rings. The second-order valence-electron chi connectivity index (χ2n) is 20.5. The van der Waals surface area contributed by atoms with Crippen molar-refractivity contribution in [3.8, 4) is 5.75 Å². The molecular formula is C59H110N2O6. The smallest absolute Gasteiger partial charge is 0.305 e. The third kappa shape index (κ3) is 40.3. The van der Waals surface area contributed by atoms with E-state index in [1.807, 2.05) is 12.1 Å². The largest absolute Gasteiger partial charge is 0.508 e. The van der Waals surface area contributed by atoms with Gasteiger partial charge in [-0.3, -0.25) is 19.4 Å². The molecule has 392 valence electrons. The number of hydrogen-bond acceptors (Lipinski definition) is 8. The van der Waals surface area contributed by atoms with Crippen molar-refractivity contribution >= 4 is 11.9 Å². The lowest BCUT2D eigenvalue weighted by Crippen LogP contribution is -2.37. The van der Waals surface area contributed by atoms with Gasteiger partial charge in [0, 0.05) is 39.0 Å². The molecule has 0 aliphatic heterocycles. The molecule has 0 aromatic heterocycles. The molecule has 67 heavy (non-hydrogen) atoms. The molecule has 0 aliphatic carbocycles. The van der Waals surface area contributed by atoms with E-state index in [1.165, 1.54) is 180 Å². The van der Waals surface area contributed by atoms with Crippen LogP contribution in [0.1, 0.15) is 264 Å². The highest BCUT2D eigenvalue weighted by Crippen LogP contribution is 2.22. The van der Waals surface area contributed by atoms with Crippen molar-refractivity contribution in [3.63, 3.8) is 0 Å². The fraction of sp³-hybridized carbons (Fsp3) is 0.864. The summed E-state index contributed by atoms with van der Waals surface area (Å²) in [6, 6.07) is 7.49. The van der Waals surface area contributed by atoms with Gasteiger partial charge < -0.3 is 19.7 Å². The number of nitrogens with zero attached hydrogens (tertiary/aromatic N) is 2. The average molecular weight is 944 g/mol. The third-order valence-electron chi connectivity index (χ3n) is 14.0. The molecule has 0 amide bonds. The van der Waals surface area contributed by atoms with Crippen LogP contribution in [0.5, 0.6) is 5.75 Å². The van der Waals surface area contributed by atoms with Gasteiger partial charge in [-0.05, 0) is 94.0 Å². The van der Waals surface area contributed by atoms with Crippen LogP contribution in [0.4, 0.5) is 0 Å². The molecule has 1 aromatic rings. The number of carbonyl (C=O) groups excluding carboxylic acids is 2. The number of aromatic hydroxyl groups is 1. The second-order valence-corrected chi connectivity index (χ2v) is 20.5. The van der Waals surface area contributed by atoms with Gasteiger partial charge >= 0.3 is 11.9 Å². The van der Waals surface area contributed by atoms with E-state index in [4.69, 9.17) is 9.47 Å². The average Bonchev–Trinajstić information content (AvgIpc) is 3.33. The van der Waals surface area contributed by atoms with Crippen LogP contribution in [0.3, 0.4) is 0 Å². The lowest BCUT2D eigenvalue weighted by molar-refractivity contribution is -0.146. The van der Waals surface area contributed by atoms with Crippen molar-refractivity contribution < 1.29 is 29.3 Å². The Bertz CT molecular complexity index is 1180. The normalized spacial score (nSPS) is 11.8. The van der Waals surface area contributed by atoms with Gasteiger partial charge in [0.15, 0.2) is 0 Å². The maximum absolute atomic E-state index is 12.9. The molecule has 0 fully saturated rings. The number of ether oxygens (including phenoxy) is 2. The lowest BCUT2D eigenvalue weighted by Gasteiger charge is -2.27. The molecule has 1 rings (SSSR count). The Labute approximate surface area is 414 Å². The molecule has 8 heteroatoms. The van der Waals surface area contributed by atoms with E-state index in [1.54, 1.807) is 12.1 Å². The first-order valence-electron chi connectivity index (χ1n) is 29.0. The van der Waals surface area contributed by atoms with E-state index in [9.17, 15) is 19.8 Å². The van der Waals surface area contributed by atoms with Crippen LogP contribution < -0.4 is 0 Å². The highest BCUT2D eigenvalue weighted by molar-refractivity contribution is 5.69. The first-order chi connectivity index (χ1) is 32.8. The lowest BCUT2D eigenvalue weighted by atomic mass is 9.94. The van der Waals surface area contributed by atoms with Gasteiger partial charge in [-0.1, -0.05) is 207 Å². The second kappa shape index (κ2) is 47.5. The van der Waals surface area contributed by atoms with Crippen molar-refractivity contribution in [1.29, 1.82) is 0 Å². The van der Waals surface area contributed by atoms with Crippen molar-refractivity contribution in [2.45, 2.75) is 265 Å². The highest BCUT2D eigenvalue weighted by Gasteiger charge is 2.16. The fourth-order valence-electron chi connectivity index (χ4n) is 9.49. The van der Waals surface area contributed by atoms with E-state index in [-0.39, 0.29) is 24.3 Å². The summed E-state index contributed by atoms with van der Waals surface area (Å²) in [6.07, 6.45) is 42.6. The van der Waals surface area contributed by atoms with Crippen molar-refractivity contribution in [3.05, 3.63) is 29.8 Å². The first-order valence-corrected chi connectivity index (χ1v) is 29.0. The van der Waals surface area contributed by atoms with Gasteiger partial charge in [-0.15, -0.1) is 0 Å². The van der Waals surface area contributed by atoms with Crippen LogP contribution in [0, 0.1) is 11.8 Å². The summed E-state index contributed by atoms with van der Waals surface area (Å²) in [5.74, 6) is 1.17. The van der Waals surface area contributed by atoms with Crippen LogP contribution in [0.15, 0.2) is 24.3 Å². The number of esters is 2. The molecule has 0 atom stereocenters. The van der Waals surface area contributed by atoms with Gasteiger partial charge in [0.05, 0.1) is 19.8 Å². The summed E-state index contributed by atoms with van der Waals surface area (Å²) in [5.41, 5.74) is 1.16. The van der Waals surface area contributed by atoms with Crippen LogP contribution in [0.2, 0.25) is 0 Å². The number of benzene rings is 1. The highest BCUT2D eigenvalue weighted by atomic mass is 16.5. The minimum Gasteiger partial charge on any atom is -0.508 e. The van der Waals surface area contributed by atoms with E-state index >= 15 is 0 Å². The summed E-state index contributed by atoms with van der Waals surface area (Å²) >= 11 is 0. The quantitative estimate of drug-likeness (QED) is 0.0492. The maximum atomic E-state index is 12.9. The predicted octanol–water partition coefficient (Wildman–Crippen LogP) is 15.9. The van der Waals surface area contributed by atoms with E-state index in [0.29, 0.717) is 44.4 Å². The Morgan fingerprint density at radius 1 is 0.433 bits per heavy atom. The van der Waals surface area contributed by atoms with Crippen molar-refractivity contribution in [2.24, 2.45) is 11.8 Å². The molecule has 0 unspecified atom stereocenters. The number of phenols is 1. The Morgan fingerprint density at radius 2 is 0.776 bits per heavy atom. The number of carbonyl (C=O) groups is 2. The van der Waals surface area contributed by atoms with E-state index in [2.05, 4.69) is 37.5 Å². The zero-order valence-corrected chi connectivity index (χ0v) is 44.7. The predicted molar refractivity (Wildman–Crippen MR) is 285 cm³/mol.